The summed E-state index contributed by atoms with van der Waals surface area (Å²) >= 11 is 0. The Morgan fingerprint density at radius 1 is 1.19 bits per heavy atom. The molecule has 2 aliphatic heterocycles. The first-order valence-corrected chi connectivity index (χ1v) is 9.96. The van der Waals surface area contributed by atoms with E-state index in [4.69, 9.17) is 14.0 Å². The van der Waals surface area contributed by atoms with Gasteiger partial charge < -0.3 is 18.9 Å². The van der Waals surface area contributed by atoms with Crippen LogP contribution in [0.15, 0.2) is 24.3 Å². The zero-order valence-electron chi connectivity index (χ0n) is 17.5. The molecule has 1 aromatic carbocycles. The lowest BCUT2D eigenvalue weighted by atomic mass is 9.77. The molecule has 1 amide bonds. The molecule has 1 unspecified atom stereocenters. The molecule has 5 nitrogen and oxygen atoms in total. The monoisotopic (exact) mass is 373 g/mol. The van der Waals surface area contributed by atoms with Gasteiger partial charge in [0.1, 0.15) is 5.60 Å². The van der Waals surface area contributed by atoms with Crippen LogP contribution in [0.5, 0.6) is 0 Å². The second-order valence-electron chi connectivity index (χ2n) is 9.24. The van der Waals surface area contributed by atoms with Gasteiger partial charge in [-0.05, 0) is 71.3 Å². The maximum atomic E-state index is 12.2. The van der Waals surface area contributed by atoms with Gasteiger partial charge in [0.15, 0.2) is 0 Å². The van der Waals surface area contributed by atoms with Gasteiger partial charge in [-0.15, -0.1) is 0 Å². The first-order valence-electron chi connectivity index (χ1n) is 9.96. The van der Waals surface area contributed by atoms with Crippen molar-refractivity contribution < 1.29 is 18.8 Å². The van der Waals surface area contributed by atoms with Gasteiger partial charge in [0, 0.05) is 13.1 Å². The lowest BCUT2D eigenvalue weighted by Crippen LogP contribution is -2.41. The largest absolute Gasteiger partial charge is 0.494 e. The van der Waals surface area contributed by atoms with Crippen molar-refractivity contribution in [1.29, 1.82) is 0 Å². The number of benzene rings is 1. The second kappa shape index (κ2) is 7.48. The van der Waals surface area contributed by atoms with Crippen molar-refractivity contribution in [3.63, 3.8) is 0 Å². The molecule has 2 aliphatic rings. The molecule has 2 heterocycles. The highest BCUT2D eigenvalue weighted by Gasteiger charge is 2.43. The van der Waals surface area contributed by atoms with Crippen molar-refractivity contribution in [2.75, 3.05) is 13.1 Å². The summed E-state index contributed by atoms with van der Waals surface area (Å²) in [6, 6.07) is 8.56. The molecule has 6 heteroatoms. The molecule has 0 N–H and O–H groups in total. The van der Waals surface area contributed by atoms with Crippen LogP contribution in [0.2, 0.25) is 0 Å². The van der Waals surface area contributed by atoms with Crippen LogP contribution in [0.4, 0.5) is 4.79 Å². The Morgan fingerprint density at radius 3 is 2.26 bits per heavy atom. The van der Waals surface area contributed by atoms with Crippen molar-refractivity contribution in [3.05, 3.63) is 29.8 Å². The van der Waals surface area contributed by atoms with Gasteiger partial charge in [0.05, 0.1) is 11.7 Å². The van der Waals surface area contributed by atoms with Crippen LogP contribution in [0.25, 0.3) is 0 Å². The van der Waals surface area contributed by atoms with Crippen LogP contribution in [0.3, 0.4) is 0 Å². The zero-order chi connectivity index (χ0) is 19.8. The average molecular weight is 373 g/mol. The molecule has 3 rings (SSSR count). The summed E-state index contributed by atoms with van der Waals surface area (Å²) in [5.41, 5.74) is 1.66. The van der Waals surface area contributed by atoms with Crippen LogP contribution in [0, 0.1) is 0 Å². The predicted molar refractivity (Wildman–Crippen MR) is 107 cm³/mol. The number of likely N-dealkylation sites (tertiary alicyclic amines) is 1. The summed E-state index contributed by atoms with van der Waals surface area (Å²) < 4.78 is 17.5. The Bertz CT molecular complexity index is 660. The number of nitrogens with zero attached hydrogens (tertiary/aromatic N) is 1. The second-order valence-corrected chi connectivity index (χ2v) is 9.24. The molecule has 2 saturated heterocycles. The number of piperidine rings is 1. The van der Waals surface area contributed by atoms with Crippen LogP contribution < -0.4 is 5.46 Å². The van der Waals surface area contributed by atoms with Gasteiger partial charge in [-0.3, -0.25) is 0 Å². The van der Waals surface area contributed by atoms with E-state index >= 15 is 0 Å². The van der Waals surface area contributed by atoms with E-state index in [-0.39, 0.29) is 24.9 Å². The first-order chi connectivity index (χ1) is 12.5. The van der Waals surface area contributed by atoms with Gasteiger partial charge in [0.2, 0.25) is 0 Å². The molecular weight excluding hydrogens is 341 g/mol. The number of hydrogen-bond acceptors (Lipinski definition) is 4. The topological polar surface area (TPSA) is 48.0 Å². The van der Waals surface area contributed by atoms with E-state index in [1.165, 1.54) is 5.56 Å². The summed E-state index contributed by atoms with van der Waals surface area (Å²) in [6.07, 6.45) is 1.78. The molecule has 1 atom stereocenters. The molecule has 0 aliphatic carbocycles. The lowest BCUT2D eigenvalue weighted by Gasteiger charge is -2.33. The van der Waals surface area contributed by atoms with Crippen LogP contribution >= 0.6 is 0 Å². The molecule has 1 aromatic rings. The summed E-state index contributed by atoms with van der Waals surface area (Å²) in [6.45, 7) is 13.3. The van der Waals surface area contributed by atoms with Gasteiger partial charge in [-0.1, -0.05) is 24.3 Å². The van der Waals surface area contributed by atoms with Crippen LogP contribution in [0.1, 0.15) is 65.9 Å². The van der Waals surface area contributed by atoms with Crippen molar-refractivity contribution >= 4 is 18.7 Å². The maximum absolute atomic E-state index is 12.2. The molecular formula is C21H32BNO4. The minimum atomic E-state index is -0.444. The molecule has 0 radical (unpaired) electrons. The SMILES string of the molecule is CC1OB(c2ccc(C3CCN(C(=O)OC(C)(C)C)CC3)cc2)OC1(C)C. The minimum Gasteiger partial charge on any atom is -0.444 e. The Kier molecular flexibility index (Phi) is 5.60. The van der Waals surface area contributed by atoms with E-state index in [2.05, 4.69) is 38.1 Å². The fourth-order valence-electron chi connectivity index (χ4n) is 3.54. The van der Waals surface area contributed by atoms with Gasteiger partial charge >= 0.3 is 13.2 Å². The Hall–Kier alpha value is -1.53. The Balaban J connectivity index is 1.56. The molecule has 0 aromatic heterocycles. The average Bonchev–Trinajstić information content (AvgIpc) is 2.87. The van der Waals surface area contributed by atoms with E-state index < -0.39 is 5.60 Å². The minimum absolute atomic E-state index is 0.0689. The molecule has 27 heavy (non-hydrogen) atoms. The Morgan fingerprint density at radius 2 is 1.78 bits per heavy atom. The molecule has 148 valence electrons. The summed E-state index contributed by atoms with van der Waals surface area (Å²) in [5, 5.41) is 0. The maximum Gasteiger partial charge on any atom is 0.494 e. The smallest absolute Gasteiger partial charge is 0.444 e. The van der Waals surface area contributed by atoms with Crippen molar-refractivity contribution in [2.45, 2.75) is 77.6 Å². The number of amides is 1. The lowest BCUT2D eigenvalue weighted by molar-refractivity contribution is 0.0205. The van der Waals surface area contributed by atoms with E-state index in [0.29, 0.717) is 5.92 Å². The van der Waals surface area contributed by atoms with E-state index in [1.54, 1.807) is 0 Å². The van der Waals surface area contributed by atoms with Gasteiger partial charge in [-0.2, -0.15) is 0 Å². The highest BCUT2D eigenvalue weighted by molar-refractivity contribution is 6.61. The molecule has 2 fully saturated rings. The molecule has 0 spiro atoms. The number of rotatable bonds is 2. The van der Waals surface area contributed by atoms with E-state index in [0.717, 1.165) is 31.4 Å². The van der Waals surface area contributed by atoms with Crippen molar-refractivity contribution in [2.24, 2.45) is 0 Å². The third-order valence-corrected chi connectivity index (χ3v) is 5.54. The highest BCUT2D eigenvalue weighted by Crippen LogP contribution is 2.30. The standard InChI is InChI=1S/C21H32BNO4/c1-15-21(5,6)27-22(26-15)18-9-7-16(8-10-18)17-11-13-23(14-12-17)19(24)25-20(2,3)4/h7-10,15,17H,11-14H2,1-6H3. The van der Waals surface area contributed by atoms with Crippen molar-refractivity contribution in [1.82, 2.24) is 4.90 Å². The summed E-state index contributed by atoms with van der Waals surface area (Å²) in [5.74, 6) is 0.471. The summed E-state index contributed by atoms with van der Waals surface area (Å²) in [7, 11) is -0.293. The number of ether oxygens (including phenoxy) is 1. The predicted octanol–water partition coefficient (Wildman–Crippen LogP) is 3.71. The van der Waals surface area contributed by atoms with E-state index in [1.807, 2.05) is 32.6 Å². The normalized spacial score (nSPS) is 23.6. The quantitative estimate of drug-likeness (QED) is 0.742. The number of carbonyl (C=O) groups excluding carboxylic acids is 1. The van der Waals surface area contributed by atoms with Gasteiger partial charge in [-0.25, -0.2) is 4.79 Å². The zero-order valence-corrected chi connectivity index (χ0v) is 17.5. The van der Waals surface area contributed by atoms with Crippen LogP contribution in [-0.4, -0.2) is 48.5 Å². The number of hydrogen-bond donors (Lipinski definition) is 0. The third-order valence-electron chi connectivity index (χ3n) is 5.54. The Labute approximate surface area is 163 Å². The first kappa shape index (κ1) is 20.2. The van der Waals surface area contributed by atoms with E-state index in [9.17, 15) is 4.79 Å². The van der Waals surface area contributed by atoms with Gasteiger partial charge in [0.25, 0.3) is 0 Å². The third kappa shape index (κ3) is 4.85. The molecule has 0 saturated carbocycles. The fourth-order valence-corrected chi connectivity index (χ4v) is 3.54. The number of carbonyl (C=O) groups is 1. The fraction of sp³-hybridized carbons (Fsp3) is 0.667. The summed E-state index contributed by atoms with van der Waals surface area (Å²) in [4.78, 5) is 14.0. The highest BCUT2D eigenvalue weighted by atomic mass is 16.7. The van der Waals surface area contributed by atoms with Crippen molar-refractivity contribution in [3.8, 4) is 0 Å². The molecule has 0 bridgehead atoms. The van der Waals surface area contributed by atoms with Crippen LogP contribution in [-0.2, 0) is 14.0 Å².